The average Bonchev–Trinajstić information content (AvgIpc) is 2.76. The third kappa shape index (κ3) is 1.78. The lowest BCUT2D eigenvalue weighted by atomic mass is 9.73. The monoisotopic (exact) mass is 300 g/mol. The lowest BCUT2D eigenvalue weighted by molar-refractivity contribution is -0.255. The largest absolute Gasteiger partial charge is 0.353 e. The van der Waals surface area contributed by atoms with Gasteiger partial charge >= 0.3 is 0 Å². The van der Waals surface area contributed by atoms with Crippen molar-refractivity contribution in [2.75, 3.05) is 7.11 Å². The van der Waals surface area contributed by atoms with Crippen LogP contribution in [0.3, 0.4) is 0 Å². The topological polar surface area (TPSA) is 54.0 Å². The fourth-order valence-corrected chi connectivity index (χ4v) is 6.32. The molecule has 1 aliphatic carbocycles. The summed E-state index contributed by atoms with van der Waals surface area (Å²) in [6.07, 6.45) is -0.595. The minimum absolute atomic E-state index is 0.140. The Morgan fingerprint density at radius 2 is 1.85 bits per heavy atom. The maximum Gasteiger partial charge on any atom is 0.187 e. The zero-order chi connectivity index (χ0) is 14.9. The highest BCUT2D eigenvalue weighted by atomic mass is 28.3. The quantitative estimate of drug-likeness (QED) is 0.729. The van der Waals surface area contributed by atoms with Crippen molar-refractivity contribution in [2.45, 2.75) is 75.3 Å². The second kappa shape index (κ2) is 4.13. The second-order valence-electron chi connectivity index (χ2n) is 7.58. The number of ketones is 1. The molecule has 114 valence electrons. The van der Waals surface area contributed by atoms with Gasteiger partial charge in [-0.3, -0.25) is 4.79 Å². The van der Waals surface area contributed by atoms with E-state index >= 15 is 0 Å². The Morgan fingerprint density at radius 1 is 1.20 bits per heavy atom. The number of rotatable bonds is 2. The van der Waals surface area contributed by atoms with Crippen molar-refractivity contribution in [3.8, 4) is 0 Å². The molecule has 2 saturated heterocycles. The van der Waals surface area contributed by atoms with Crippen LogP contribution in [0.25, 0.3) is 0 Å². The summed E-state index contributed by atoms with van der Waals surface area (Å²) in [5.41, 5.74) is -0.587. The van der Waals surface area contributed by atoms with E-state index in [9.17, 15) is 4.79 Å². The molecule has 2 aliphatic heterocycles. The molecule has 1 saturated carbocycles. The SMILES string of the molecule is COC1O[C@]2(C(=O)CC2[Si](C)(C)C)C2OC(C)(C)OC12. The smallest absolute Gasteiger partial charge is 0.187 e. The van der Waals surface area contributed by atoms with E-state index in [2.05, 4.69) is 19.6 Å². The fraction of sp³-hybridized carbons (Fsp3) is 0.929. The summed E-state index contributed by atoms with van der Waals surface area (Å²) in [7, 11) is 0.0469. The van der Waals surface area contributed by atoms with Crippen LogP contribution in [0.5, 0.6) is 0 Å². The summed E-state index contributed by atoms with van der Waals surface area (Å²) in [5, 5.41) is 0. The van der Waals surface area contributed by atoms with Gasteiger partial charge in [-0.15, -0.1) is 0 Å². The third-order valence-electron chi connectivity index (χ3n) is 4.75. The van der Waals surface area contributed by atoms with Crippen LogP contribution in [0.2, 0.25) is 25.2 Å². The van der Waals surface area contributed by atoms with E-state index in [1.165, 1.54) is 0 Å². The molecule has 3 fully saturated rings. The van der Waals surface area contributed by atoms with Crippen LogP contribution in [0.1, 0.15) is 20.3 Å². The van der Waals surface area contributed by atoms with E-state index in [1.807, 2.05) is 13.8 Å². The van der Waals surface area contributed by atoms with Gasteiger partial charge in [0.25, 0.3) is 0 Å². The summed E-state index contributed by atoms with van der Waals surface area (Å²) in [5.74, 6) is -0.552. The lowest BCUT2D eigenvalue weighted by Gasteiger charge is -2.52. The summed E-state index contributed by atoms with van der Waals surface area (Å²) >= 11 is 0. The van der Waals surface area contributed by atoms with Gasteiger partial charge in [0.05, 0.1) is 8.07 Å². The zero-order valence-electron chi connectivity index (χ0n) is 13.1. The van der Waals surface area contributed by atoms with Crippen molar-refractivity contribution in [2.24, 2.45) is 0 Å². The third-order valence-corrected chi connectivity index (χ3v) is 7.48. The van der Waals surface area contributed by atoms with Gasteiger partial charge < -0.3 is 18.9 Å². The number of carbonyl (C=O) groups is 1. The van der Waals surface area contributed by atoms with Crippen LogP contribution >= 0.6 is 0 Å². The number of carbonyl (C=O) groups excluding carboxylic acids is 1. The predicted octanol–water partition coefficient (Wildman–Crippen LogP) is 1.93. The first kappa shape index (κ1) is 14.7. The summed E-state index contributed by atoms with van der Waals surface area (Å²) in [6.45, 7) is 10.6. The number of hydrogen-bond donors (Lipinski definition) is 0. The average molecular weight is 300 g/mol. The van der Waals surface area contributed by atoms with E-state index < -0.39 is 25.8 Å². The van der Waals surface area contributed by atoms with Gasteiger partial charge in [0, 0.05) is 13.5 Å². The molecule has 0 radical (unpaired) electrons. The van der Waals surface area contributed by atoms with Crippen LogP contribution in [0.4, 0.5) is 0 Å². The summed E-state index contributed by atoms with van der Waals surface area (Å²) < 4.78 is 23.4. The Labute approximate surface area is 120 Å². The molecule has 1 spiro atoms. The number of hydrogen-bond acceptors (Lipinski definition) is 5. The van der Waals surface area contributed by atoms with Crippen molar-refractivity contribution in [1.82, 2.24) is 0 Å². The molecule has 0 aromatic carbocycles. The molecule has 3 aliphatic rings. The number of methoxy groups -OCH3 is 1. The van der Waals surface area contributed by atoms with Gasteiger partial charge in [0.15, 0.2) is 23.5 Å². The maximum atomic E-state index is 12.4. The first-order valence-electron chi connectivity index (χ1n) is 7.21. The molecule has 4 unspecified atom stereocenters. The maximum absolute atomic E-state index is 12.4. The van der Waals surface area contributed by atoms with Gasteiger partial charge in [0.2, 0.25) is 0 Å². The molecule has 5 nitrogen and oxygen atoms in total. The van der Waals surface area contributed by atoms with Gasteiger partial charge in [-0.2, -0.15) is 0 Å². The second-order valence-corrected chi connectivity index (χ2v) is 13.0. The van der Waals surface area contributed by atoms with Gasteiger partial charge in [-0.1, -0.05) is 19.6 Å². The molecule has 0 bridgehead atoms. The van der Waals surface area contributed by atoms with Crippen LogP contribution in [0.15, 0.2) is 0 Å². The Kier molecular flexibility index (Phi) is 3.03. The van der Waals surface area contributed by atoms with Gasteiger partial charge in [0.1, 0.15) is 12.2 Å². The molecule has 0 aromatic heterocycles. The van der Waals surface area contributed by atoms with Crippen LogP contribution < -0.4 is 0 Å². The van der Waals surface area contributed by atoms with E-state index in [0.717, 1.165) is 0 Å². The Balaban J connectivity index is 1.99. The highest BCUT2D eigenvalue weighted by molar-refractivity contribution is 6.79. The lowest BCUT2D eigenvalue weighted by Crippen LogP contribution is -2.66. The van der Waals surface area contributed by atoms with E-state index in [4.69, 9.17) is 18.9 Å². The number of ether oxygens (including phenoxy) is 4. The summed E-state index contributed by atoms with van der Waals surface area (Å²) in [4.78, 5) is 12.4. The van der Waals surface area contributed by atoms with Crippen molar-refractivity contribution in [3.63, 3.8) is 0 Å². The molecular weight excluding hydrogens is 276 g/mol. The molecule has 0 amide bonds. The first-order valence-corrected chi connectivity index (χ1v) is 10.8. The molecule has 0 aromatic rings. The Morgan fingerprint density at radius 3 is 2.35 bits per heavy atom. The summed E-state index contributed by atoms with van der Waals surface area (Å²) in [6, 6.07) is 0. The minimum Gasteiger partial charge on any atom is -0.353 e. The first-order chi connectivity index (χ1) is 9.12. The van der Waals surface area contributed by atoms with Crippen LogP contribution in [0, 0.1) is 0 Å². The number of fused-ring (bicyclic) bond motifs is 2. The normalized spacial score (nSPS) is 46.6. The van der Waals surface area contributed by atoms with E-state index in [-0.39, 0.29) is 23.5 Å². The zero-order valence-corrected chi connectivity index (χ0v) is 14.1. The van der Waals surface area contributed by atoms with Gasteiger partial charge in [-0.05, 0) is 19.4 Å². The minimum atomic E-state index is -1.54. The Bertz CT molecular complexity index is 443. The van der Waals surface area contributed by atoms with E-state index in [1.54, 1.807) is 7.11 Å². The van der Waals surface area contributed by atoms with Crippen molar-refractivity contribution in [1.29, 1.82) is 0 Å². The van der Waals surface area contributed by atoms with E-state index in [0.29, 0.717) is 6.42 Å². The number of Topliss-reactive ketones (excluding diaryl/α,β-unsaturated/α-hetero) is 1. The van der Waals surface area contributed by atoms with Gasteiger partial charge in [-0.25, -0.2) is 0 Å². The molecule has 6 heteroatoms. The van der Waals surface area contributed by atoms with Crippen LogP contribution in [-0.4, -0.2) is 50.9 Å². The highest BCUT2D eigenvalue weighted by Gasteiger charge is 2.74. The molecule has 20 heavy (non-hydrogen) atoms. The standard InChI is InChI=1S/C14H24O5Si/c1-13(2)17-10-11(18-13)14(19-12(10)16-3)8(15)7-9(14)20(4,5)6/h9-12H,7H2,1-6H3/t9?,10?,11?,12?,14-/m0/s1. The molecule has 2 heterocycles. The van der Waals surface area contributed by atoms with Crippen molar-refractivity contribution in [3.05, 3.63) is 0 Å². The fourth-order valence-electron chi connectivity index (χ4n) is 3.84. The van der Waals surface area contributed by atoms with Crippen molar-refractivity contribution >= 4 is 13.9 Å². The molecule has 5 atom stereocenters. The highest BCUT2D eigenvalue weighted by Crippen LogP contribution is 2.59. The molecule has 3 rings (SSSR count). The molecular formula is C14H24O5Si. The Hall–Kier alpha value is -0.273. The molecule has 0 N–H and O–H groups in total. The van der Waals surface area contributed by atoms with Crippen LogP contribution in [-0.2, 0) is 23.7 Å². The predicted molar refractivity (Wildman–Crippen MR) is 75.2 cm³/mol. The van der Waals surface area contributed by atoms with Crippen molar-refractivity contribution < 1.29 is 23.7 Å².